The van der Waals surface area contributed by atoms with Gasteiger partial charge in [0.1, 0.15) is 10.5 Å². The van der Waals surface area contributed by atoms with Gasteiger partial charge in [-0.3, -0.25) is 0 Å². The number of hydrogen-bond acceptors (Lipinski definition) is 6. The van der Waals surface area contributed by atoms with Gasteiger partial charge in [-0.1, -0.05) is 0 Å². The molecule has 0 aromatic carbocycles. The number of nitrogens with zero attached hydrogens (tertiary/aromatic N) is 4. The lowest BCUT2D eigenvalue weighted by molar-refractivity contribution is 0.581. The fourth-order valence-electron chi connectivity index (χ4n) is 2.01. The number of aryl methyl sites for hydroxylation is 2. The van der Waals surface area contributed by atoms with E-state index in [0.717, 1.165) is 16.9 Å². The number of sulfonamides is 1. The molecule has 3 rings (SSSR count). The summed E-state index contributed by atoms with van der Waals surface area (Å²) in [6.45, 7) is 2.27. The molecule has 0 aliphatic rings. The van der Waals surface area contributed by atoms with Gasteiger partial charge in [-0.15, -0.1) is 11.3 Å². The zero-order valence-corrected chi connectivity index (χ0v) is 13.6. The molecule has 0 saturated carbocycles. The largest absolute Gasteiger partial charge is 0.252 e. The standard InChI is InChI=1S/C13H15N5O2S2/c1-10-4-5-12(21-10)22(19,20)17-6-2-3-11-7-14-13-15-9-16-18(13)8-11/h4-5,7-9,17H,2-3,6H2,1H3. The Labute approximate surface area is 132 Å². The maximum atomic E-state index is 12.1. The summed E-state index contributed by atoms with van der Waals surface area (Å²) < 4.78 is 28.7. The summed E-state index contributed by atoms with van der Waals surface area (Å²) in [4.78, 5) is 9.12. The Morgan fingerprint density at radius 3 is 2.95 bits per heavy atom. The fraction of sp³-hybridized carbons (Fsp3) is 0.308. The zero-order valence-electron chi connectivity index (χ0n) is 11.9. The van der Waals surface area contributed by atoms with Gasteiger partial charge in [-0.25, -0.2) is 22.6 Å². The summed E-state index contributed by atoms with van der Waals surface area (Å²) >= 11 is 1.27. The minimum absolute atomic E-state index is 0.357. The fourth-order valence-corrected chi connectivity index (χ4v) is 4.42. The van der Waals surface area contributed by atoms with E-state index in [-0.39, 0.29) is 0 Å². The lowest BCUT2D eigenvalue weighted by Gasteiger charge is -2.05. The lowest BCUT2D eigenvalue weighted by atomic mass is 10.2. The summed E-state index contributed by atoms with van der Waals surface area (Å²) in [5.74, 6) is 0.553. The van der Waals surface area contributed by atoms with Gasteiger partial charge in [0.2, 0.25) is 10.0 Å². The molecule has 0 bridgehead atoms. The Kier molecular flexibility index (Phi) is 4.19. The predicted octanol–water partition coefficient (Wildman–Crippen LogP) is 1.41. The smallest absolute Gasteiger partial charge is 0.219 e. The molecule has 0 radical (unpaired) electrons. The first-order valence-corrected chi connectivity index (χ1v) is 9.05. The molecule has 7 nitrogen and oxygen atoms in total. The van der Waals surface area contributed by atoms with Gasteiger partial charge < -0.3 is 0 Å². The van der Waals surface area contributed by atoms with Crippen molar-refractivity contribution in [3.63, 3.8) is 0 Å². The summed E-state index contributed by atoms with van der Waals surface area (Å²) in [6, 6.07) is 3.43. The molecule has 9 heteroatoms. The Hall–Kier alpha value is -1.84. The van der Waals surface area contributed by atoms with E-state index in [1.54, 1.807) is 22.8 Å². The van der Waals surface area contributed by atoms with Gasteiger partial charge in [0.25, 0.3) is 5.78 Å². The molecule has 1 N–H and O–H groups in total. The zero-order chi connectivity index (χ0) is 15.6. The minimum Gasteiger partial charge on any atom is -0.219 e. The molecule has 0 spiro atoms. The van der Waals surface area contributed by atoms with Crippen LogP contribution in [0.15, 0.2) is 35.1 Å². The van der Waals surface area contributed by atoms with Gasteiger partial charge in [-0.2, -0.15) is 10.1 Å². The molecule has 3 heterocycles. The van der Waals surface area contributed by atoms with Crippen molar-refractivity contribution in [2.75, 3.05) is 6.54 Å². The Balaban J connectivity index is 1.54. The van der Waals surface area contributed by atoms with Crippen LogP contribution in [0.4, 0.5) is 0 Å². The lowest BCUT2D eigenvalue weighted by Crippen LogP contribution is -2.24. The molecule has 22 heavy (non-hydrogen) atoms. The molecule has 0 fully saturated rings. The predicted molar refractivity (Wildman–Crippen MR) is 83.3 cm³/mol. The minimum atomic E-state index is -3.39. The van der Waals surface area contributed by atoms with E-state index in [1.807, 2.05) is 13.1 Å². The number of hydrogen-bond donors (Lipinski definition) is 1. The van der Waals surface area contributed by atoms with Crippen LogP contribution in [0.2, 0.25) is 0 Å². The molecule has 0 unspecified atom stereocenters. The van der Waals surface area contributed by atoms with Crippen molar-refractivity contribution < 1.29 is 8.42 Å². The second kappa shape index (κ2) is 6.11. The third-order valence-electron chi connectivity index (χ3n) is 3.10. The van der Waals surface area contributed by atoms with Crippen LogP contribution in [0.3, 0.4) is 0 Å². The van der Waals surface area contributed by atoms with Crippen molar-refractivity contribution in [2.45, 2.75) is 24.0 Å². The molecule has 0 aliphatic heterocycles. The number of rotatable bonds is 6. The average Bonchev–Trinajstić information content (AvgIpc) is 3.12. The maximum absolute atomic E-state index is 12.1. The third-order valence-corrected chi connectivity index (χ3v) is 6.06. The van der Waals surface area contributed by atoms with E-state index in [4.69, 9.17) is 0 Å². The molecule has 0 amide bonds. The van der Waals surface area contributed by atoms with Crippen LogP contribution < -0.4 is 4.72 Å². The van der Waals surface area contributed by atoms with Crippen LogP contribution in [0.1, 0.15) is 16.9 Å². The molecule has 3 aromatic rings. The normalized spacial score (nSPS) is 12.0. The van der Waals surface area contributed by atoms with Crippen LogP contribution in [0, 0.1) is 6.92 Å². The van der Waals surface area contributed by atoms with Crippen molar-refractivity contribution in [3.05, 3.63) is 41.3 Å². The first-order chi connectivity index (χ1) is 10.5. The van der Waals surface area contributed by atoms with E-state index < -0.39 is 10.0 Å². The van der Waals surface area contributed by atoms with Crippen molar-refractivity contribution >= 4 is 27.1 Å². The highest BCUT2D eigenvalue weighted by Gasteiger charge is 2.15. The van der Waals surface area contributed by atoms with Crippen LogP contribution in [0.25, 0.3) is 5.78 Å². The highest BCUT2D eigenvalue weighted by atomic mass is 32.2. The van der Waals surface area contributed by atoms with Gasteiger partial charge in [-0.05, 0) is 37.5 Å². The molecule has 0 aliphatic carbocycles. The Morgan fingerprint density at radius 2 is 2.18 bits per heavy atom. The first-order valence-electron chi connectivity index (χ1n) is 6.75. The Bertz CT molecular complexity index is 885. The van der Waals surface area contributed by atoms with Gasteiger partial charge >= 0.3 is 0 Å². The van der Waals surface area contributed by atoms with E-state index >= 15 is 0 Å². The van der Waals surface area contributed by atoms with Crippen molar-refractivity contribution in [1.29, 1.82) is 0 Å². The second-order valence-corrected chi connectivity index (χ2v) is 8.11. The van der Waals surface area contributed by atoms with Crippen LogP contribution in [-0.2, 0) is 16.4 Å². The summed E-state index contributed by atoms with van der Waals surface area (Å²) in [5, 5.41) is 4.02. The SMILES string of the molecule is Cc1ccc(S(=O)(=O)NCCCc2cnc3ncnn3c2)s1. The van der Waals surface area contributed by atoms with Gasteiger partial charge in [0, 0.05) is 23.8 Å². The highest BCUT2D eigenvalue weighted by molar-refractivity contribution is 7.91. The number of thiophene rings is 1. The average molecular weight is 337 g/mol. The molecular formula is C13H15N5O2S2. The van der Waals surface area contributed by atoms with Crippen LogP contribution in [-0.4, -0.2) is 34.5 Å². The Morgan fingerprint density at radius 1 is 1.32 bits per heavy atom. The van der Waals surface area contributed by atoms with Gasteiger partial charge in [0.05, 0.1) is 0 Å². The molecule has 116 valence electrons. The number of fused-ring (bicyclic) bond motifs is 1. The van der Waals surface area contributed by atoms with Crippen molar-refractivity contribution in [1.82, 2.24) is 24.3 Å². The van der Waals surface area contributed by atoms with E-state index in [9.17, 15) is 8.42 Å². The van der Waals surface area contributed by atoms with Crippen molar-refractivity contribution in [3.8, 4) is 0 Å². The maximum Gasteiger partial charge on any atom is 0.252 e. The third kappa shape index (κ3) is 3.32. The van der Waals surface area contributed by atoms with Crippen LogP contribution in [0.5, 0.6) is 0 Å². The quantitative estimate of drug-likeness (QED) is 0.687. The molecule has 0 saturated heterocycles. The monoisotopic (exact) mass is 337 g/mol. The summed E-state index contributed by atoms with van der Waals surface area (Å²) in [5.41, 5.74) is 0.990. The summed E-state index contributed by atoms with van der Waals surface area (Å²) in [6.07, 6.45) is 6.44. The first kappa shape index (κ1) is 15.1. The molecule has 3 aromatic heterocycles. The van der Waals surface area contributed by atoms with E-state index in [1.165, 1.54) is 17.7 Å². The molecule has 0 atom stereocenters. The molecular weight excluding hydrogens is 322 g/mol. The van der Waals surface area contributed by atoms with E-state index in [2.05, 4.69) is 19.8 Å². The summed E-state index contributed by atoms with van der Waals surface area (Å²) in [7, 11) is -3.39. The number of aromatic nitrogens is 4. The van der Waals surface area contributed by atoms with Gasteiger partial charge in [0.15, 0.2) is 0 Å². The van der Waals surface area contributed by atoms with E-state index in [0.29, 0.717) is 23.0 Å². The second-order valence-electron chi connectivity index (χ2n) is 4.83. The number of nitrogens with one attached hydrogen (secondary N) is 1. The van der Waals surface area contributed by atoms with Crippen LogP contribution >= 0.6 is 11.3 Å². The van der Waals surface area contributed by atoms with Crippen molar-refractivity contribution in [2.24, 2.45) is 0 Å². The highest BCUT2D eigenvalue weighted by Crippen LogP contribution is 2.20. The topological polar surface area (TPSA) is 89.2 Å².